The SMILES string of the molecule is COc1ccc(C(=O)Nc2ccc3c(c2)C(=O)Nc2cc(Cl)ccc2O3)c(OC)c1OC. The van der Waals surface area contributed by atoms with Crippen molar-refractivity contribution in [1.29, 1.82) is 0 Å². The Balaban J connectivity index is 1.64. The standard InChI is InChI=1S/C23H19ClN2O6/c1-29-19-9-6-14(20(30-2)21(19)31-3)22(27)25-13-5-8-17-15(11-13)23(28)26-16-10-12(24)4-7-18(16)32-17/h4-11H,1-3H3,(H,25,27)(H,26,28). The van der Waals surface area contributed by atoms with E-state index in [4.69, 9.17) is 30.5 Å². The molecule has 0 unspecified atom stereocenters. The number of hydrogen-bond donors (Lipinski definition) is 2. The van der Waals surface area contributed by atoms with Gasteiger partial charge >= 0.3 is 0 Å². The van der Waals surface area contributed by atoms with Crippen molar-refractivity contribution in [2.75, 3.05) is 32.0 Å². The number of amides is 2. The molecule has 0 saturated carbocycles. The van der Waals surface area contributed by atoms with Gasteiger partial charge < -0.3 is 29.6 Å². The Morgan fingerprint density at radius 1 is 0.938 bits per heavy atom. The number of methoxy groups -OCH3 is 3. The molecule has 4 rings (SSSR count). The first-order valence-corrected chi connectivity index (χ1v) is 9.86. The topological polar surface area (TPSA) is 95.1 Å². The molecule has 0 aromatic heterocycles. The number of fused-ring (bicyclic) bond motifs is 2. The monoisotopic (exact) mass is 454 g/mol. The van der Waals surface area contributed by atoms with Crippen LogP contribution in [-0.2, 0) is 0 Å². The number of nitrogens with one attached hydrogen (secondary N) is 2. The van der Waals surface area contributed by atoms with Crippen molar-refractivity contribution < 1.29 is 28.5 Å². The van der Waals surface area contributed by atoms with Gasteiger partial charge in [0.05, 0.1) is 38.1 Å². The average molecular weight is 455 g/mol. The summed E-state index contributed by atoms with van der Waals surface area (Å²) in [6, 6.07) is 12.9. The maximum atomic E-state index is 13.0. The van der Waals surface area contributed by atoms with Crippen molar-refractivity contribution in [3.63, 3.8) is 0 Å². The van der Waals surface area contributed by atoms with Gasteiger partial charge in [-0.25, -0.2) is 0 Å². The first-order valence-electron chi connectivity index (χ1n) is 9.48. The van der Waals surface area contributed by atoms with Gasteiger partial charge in [-0.05, 0) is 48.5 Å². The molecular weight excluding hydrogens is 436 g/mol. The van der Waals surface area contributed by atoms with Gasteiger partial charge in [0.25, 0.3) is 11.8 Å². The van der Waals surface area contributed by atoms with Gasteiger partial charge in [0, 0.05) is 10.7 Å². The maximum absolute atomic E-state index is 13.0. The third-order valence-electron chi connectivity index (χ3n) is 4.84. The molecule has 0 fully saturated rings. The molecule has 3 aromatic rings. The highest BCUT2D eigenvalue weighted by Crippen LogP contribution is 2.41. The molecule has 1 heterocycles. The number of anilines is 2. The molecule has 2 N–H and O–H groups in total. The molecule has 9 heteroatoms. The lowest BCUT2D eigenvalue weighted by Gasteiger charge is -2.16. The van der Waals surface area contributed by atoms with Crippen LogP contribution >= 0.6 is 11.6 Å². The summed E-state index contributed by atoms with van der Waals surface area (Å²) in [6.45, 7) is 0. The first kappa shape index (κ1) is 21.3. The van der Waals surface area contributed by atoms with E-state index in [0.717, 1.165) is 0 Å². The van der Waals surface area contributed by atoms with Gasteiger partial charge in [-0.1, -0.05) is 11.6 Å². The number of benzene rings is 3. The molecule has 0 atom stereocenters. The number of hydrogen-bond acceptors (Lipinski definition) is 6. The van der Waals surface area contributed by atoms with E-state index in [1.807, 2.05) is 0 Å². The van der Waals surface area contributed by atoms with Crippen LogP contribution in [0, 0.1) is 0 Å². The van der Waals surface area contributed by atoms with Crippen molar-refractivity contribution in [2.24, 2.45) is 0 Å². The van der Waals surface area contributed by atoms with Crippen molar-refractivity contribution >= 4 is 34.8 Å². The Hall–Kier alpha value is -3.91. The Kier molecular flexibility index (Phi) is 5.79. The Labute approximate surface area is 189 Å². The second kappa shape index (κ2) is 8.68. The normalized spacial score (nSPS) is 11.8. The molecule has 8 nitrogen and oxygen atoms in total. The van der Waals surface area contributed by atoms with Crippen LogP contribution in [0.25, 0.3) is 0 Å². The summed E-state index contributed by atoms with van der Waals surface area (Å²) in [5, 5.41) is 6.01. The summed E-state index contributed by atoms with van der Waals surface area (Å²) in [5.74, 6) is 0.938. The highest BCUT2D eigenvalue weighted by Gasteiger charge is 2.24. The molecule has 0 bridgehead atoms. The second-order valence-corrected chi connectivity index (χ2v) is 7.18. The van der Waals surface area contributed by atoms with Gasteiger partial charge in [0.1, 0.15) is 5.75 Å². The molecular formula is C23H19ClN2O6. The van der Waals surface area contributed by atoms with Crippen LogP contribution in [0.1, 0.15) is 20.7 Å². The van der Waals surface area contributed by atoms with E-state index in [1.165, 1.54) is 27.4 Å². The fourth-order valence-electron chi connectivity index (χ4n) is 3.35. The number of carbonyl (C=O) groups excluding carboxylic acids is 2. The molecule has 2 amide bonds. The minimum atomic E-state index is -0.451. The third kappa shape index (κ3) is 3.88. The number of halogens is 1. The fourth-order valence-corrected chi connectivity index (χ4v) is 3.52. The number of carbonyl (C=O) groups is 2. The van der Waals surface area contributed by atoms with Crippen LogP contribution in [-0.4, -0.2) is 33.1 Å². The van der Waals surface area contributed by atoms with E-state index in [0.29, 0.717) is 39.4 Å². The molecule has 1 aliphatic rings. The Morgan fingerprint density at radius 3 is 2.41 bits per heavy atom. The van der Waals surface area contributed by atoms with Gasteiger partial charge in [-0.15, -0.1) is 0 Å². The minimum Gasteiger partial charge on any atom is -0.493 e. The molecule has 0 saturated heterocycles. The lowest BCUT2D eigenvalue weighted by Crippen LogP contribution is -2.15. The maximum Gasteiger partial charge on any atom is 0.259 e. The molecule has 1 aliphatic heterocycles. The molecule has 32 heavy (non-hydrogen) atoms. The highest BCUT2D eigenvalue weighted by molar-refractivity contribution is 6.31. The van der Waals surface area contributed by atoms with Crippen LogP contribution in [0.2, 0.25) is 5.02 Å². The van der Waals surface area contributed by atoms with Crippen LogP contribution in [0.15, 0.2) is 48.5 Å². The summed E-state index contributed by atoms with van der Waals surface area (Å²) in [7, 11) is 4.38. The smallest absolute Gasteiger partial charge is 0.259 e. The van der Waals surface area contributed by atoms with E-state index >= 15 is 0 Å². The lowest BCUT2D eigenvalue weighted by molar-refractivity contribution is 0.101. The van der Waals surface area contributed by atoms with E-state index < -0.39 is 5.91 Å². The van der Waals surface area contributed by atoms with E-state index in [9.17, 15) is 9.59 Å². The van der Waals surface area contributed by atoms with Crippen molar-refractivity contribution in [2.45, 2.75) is 0 Å². The van der Waals surface area contributed by atoms with Crippen molar-refractivity contribution in [3.05, 3.63) is 64.7 Å². The summed E-state index contributed by atoms with van der Waals surface area (Å²) in [4.78, 5) is 25.7. The van der Waals surface area contributed by atoms with Gasteiger partial charge in [-0.2, -0.15) is 0 Å². The molecule has 0 aliphatic carbocycles. The average Bonchev–Trinajstić information content (AvgIpc) is 2.93. The zero-order valence-electron chi connectivity index (χ0n) is 17.4. The van der Waals surface area contributed by atoms with E-state index in [1.54, 1.807) is 42.5 Å². The highest BCUT2D eigenvalue weighted by atomic mass is 35.5. The molecule has 3 aromatic carbocycles. The predicted octanol–water partition coefficient (Wildman–Crippen LogP) is 4.98. The van der Waals surface area contributed by atoms with Crippen LogP contribution < -0.4 is 29.6 Å². The zero-order chi connectivity index (χ0) is 22.8. The van der Waals surface area contributed by atoms with Crippen LogP contribution in [0.4, 0.5) is 11.4 Å². The van der Waals surface area contributed by atoms with E-state index in [-0.39, 0.29) is 22.8 Å². The minimum absolute atomic E-state index is 0.229. The molecule has 164 valence electrons. The van der Waals surface area contributed by atoms with Gasteiger partial charge in [0.2, 0.25) is 5.75 Å². The summed E-state index contributed by atoms with van der Waals surface area (Å²) in [6.07, 6.45) is 0. The number of ether oxygens (including phenoxy) is 4. The molecule has 0 spiro atoms. The lowest BCUT2D eigenvalue weighted by atomic mass is 10.1. The predicted molar refractivity (Wildman–Crippen MR) is 120 cm³/mol. The number of rotatable bonds is 5. The van der Waals surface area contributed by atoms with Crippen LogP contribution in [0.3, 0.4) is 0 Å². The summed E-state index contributed by atoms with van der Waals surface area (Å²) in [5.41, 5.74) is 1.35. The van der Waals surface area contributed by atoms with Gasteiger partial charge in [0.15, 0.2) is 17.2 Å². The van der Waals surface area contributed by atoms with Crippen molar-refractivity contribution in [3.8, 4) is 28.7 Å². The fraction of sp³-hybridized carbons (Fsp3) is 0.130. The Morgan fingerprint density at radius 2 is 1.69 bits per heavy atom. The Bertz CT molecular complexity index is 1230. The van der Waals surface area contributed by atoms with Gasteiger partial charge in [-0.3, -0.25) is 9.59 Å². The summed E-state index contributed by atoms with van der Waals surface area (Å²) < 4.78 is 21.8. The van der Waals surface area contributed by atoms with Crippen LogP contribution in [0.5, 0.6) is 28.7 Å². The third-order valence-corrected chi connectivity index (χ3v) is 5.08. The van der Waals surface area contributed by atoms with E-state index in [2.05, 4.69) is 10.6 Å². The second-order valence-electron chi connectivity index (χ2n) is 6.74. The summed E-state index contributed by atoms with van der Waals surface area (Å²) >= 11 is 6.01. The first-order chi connectivity index (χ1) is 15.4. The molecule has 0 radical (unpaired) electrons. The van der Waals surface area contributed by atoms with Crippen molar-refractivity contribution in [1.82, 2.24) is 0 Å². The zero-order valence-corrected chi connectivity index (χ0v) is 18.2. The largest absolute Gasteiger partial charge is 0.493 e. The quantitative estimate of drug-likeness (QED) is 0.564.